The zero-order valence-corrected chi connectivity index (χ0v) is 14.2. The maximum absolute atomic E-state index is 12.5. The SMILES string of the molecule is CN(C)c1ccc(/C=C/c2ccc(OCC(CO)CF)cc2)cc1. The summed E-state index contributed by atoms with van der Waals surface area (Å²) in [6.45, 7) is -0.603. The van der Waals surface area contributed by atoms with Gasteiger partial charge in [0.2, 0.25) is 0 Å². The number of hydrogen-bond acceptors (Lipinski definition) is 3. The molecule has 24 heavy (non-hydrogen) atoms. The molecule has 1 unspecified atom stereocenters. The van der Waals surface area contributed by atoms with Gasteiger partial charge in [-0.25, -0.2) is 0 Å². The van der Waals surface area contributed by atoms with Gasteiger partial charge in [-0.1, -0.05) is 36.4 Å². The van der Waals surface area contributed by atoms with Gasteiger partial charge in [0.1, 0.15) is 5.75 Å². The molecule has 0 bridgehead atoms. The summed E-state index contributed by atoms with van der Waals surface area (Å²) >= 11 is 0. The predicted octanol–water partition coefficient (Wildman–Crippen LogP) is 3.88. The van der Waals surface area contributed by atoms with E-state index in [9.17, 15) is 4.39 Å². The van der Waals surface area contributed by atoms with Crippen molar-refractivity contribution in [3.05, 3.63) is 59.7 Å². The van der Waals surface area contributed by atoms with Gasteiger partial charge in [0.05, 0.1) is 19.9 Å². The van der Waals surface area contributed by atoms with Gasteiger partial charge < -0.3 is 14.7 Å². The molecule has 0 saturated heterocycles. The Morgan fingerprint density at radius 1 is 1.00 bits per heavy atom. The highest BCUT2D eigenvalue weighted by Crippen LogP contribution is 2.17. The topological polar surface area (TPSA) is 32.7 Å². The molecule has 0 spiro atoms. The molecule has 128 valence electrons. The Morgan fingerprint density at radius 2 is 1.54 bits per heavy atom. The minimum Gasteiger partial charge on any atom is -0.493 e. The molecule has 1 N–H and O–H groups in total. The lowest BCUT2D eigenvalue weighted by atomic mass is 10.1. The first kappa shape index (κ1) is 18.0. The van der Waals surface area contributed by atoms with Crippen LogP contribution in [0.3, 0.4) is 0 Å². The van der Waals surface area contributed by atoms with Crippen LogP contribution in [0.25, 0.3) is 12.2 Å². The van der Waals surface area contributed by atoms with Gasteiger partial charge in [0.15, 0.2) is 0 Å². The minimum absolute atomic E-state index is 0.181. The highest BCUT2D eigenvalue weighted by atomic mass is 19.1. The number of nitrogens with zero attached hydrogens (tertiary/aromatic N) is 1. The molecular formula is C20H24FNO2. The lowest BCUT2D eigenvalue weighted by Crippen LogP contribution is -2.17. The van der Waals surface area contributed by atoms with Crippen molar-refractivity contribution in [2.45, 2.75) is 0 Å². The number of halogens is 1. The van der Waals surface area contributed by atoms with Crippen molar-refractivity contribution in [1.29, 1.82) is 0 Å². The summed E-state index contributed by atoms with van der Waals surface area (Å²) in [5, 5.41) is 8.94. The maximum Gasteiger partial charge on any atom is 0.119 e. The Balaban J connectivity index is 1.93. The fourth-order valence-corrected chi connectivity index (χ4v) is 2.11. The molecule has 2 aromatic rings. The lowest BCUT2D eigenvalue weighted by molar-refractivity contribution is 0.140. The monoisotopic (exact) mass is 329 g/mol. The number of rotatable bonds is 8. The predicted molar refractivity (Wildman–Crippen MR) is 98.2 cm³/mol. The van der Waals surface area contributed by atoms with Crippen molar-refractivity contribution in [1.82, 2.24) is 0 Å². The third-order valence-electron chi connectivity index (χ3n) is 3.72. The van der Waals surface area contributed by atoms with Crippen LogP contribution in [0.5, 0.6) is 5.75 Å². The molecule has 0 heterocycles. The molecule has 0 radical (unpaired) electrons. The van der Waals surface area contributed by atoms with Crippen LogP contribution in [0.4, 0.5) is 10.1 Å². The molecular weight excluding hydrogens is 305 g/mol. The Bertz CT molecular complexity index is 632. The molecule has 0 aliphatic carbocycles. The van der Waals surface area contributed by atoms with Crippen LogP contribution < -0.4 is 9.64 Å². The first-order valence-electron chi connectivity index (χ1n) is 7.97. The van der Waals surface area contributed by atoms with E-state index in [1.165, 1.54) is 5.69 Å². The quantitative estimate of drug-likeness (QED) is 0.746. The van der Waals surface area contributed by atoms with E-state index in [2.05, 4.69) is 35.2 Å². The largest absolute Gasteiger partial charge is 0.493 e. The molecule has 2 aromatic carbocycles. The Morgan fingerprint density at radius 3 is 2.00 bits per heavy atom. The van der Waals surface area contributed by atoms with E-state index >= 15 is 0 Å². The maximum atomic E-state index is 12.5. The summed E-state index contributed by atoms with van der Waals surface area (Å²) < 4.78 is 18.0. The van der Waals surface area contributed by atoms with E-state index in [4.69, 9.17) is 9.84 Å². The molecule has 0 aromatic heterocycles. The van der Waals surface area contributed by atoms with Gasteiger partial charge in [-0.2, -0.15) is 0 Å². The van der Waals surface area contributed by atoms with Crippen LogP contribution in [0.15, 0.2) is 48.5 Å². The number of aliphatic hydroxyl groups is 1. The number of alkyl halides is 1. The van der Waals surface area contributed by atoms with Crippen LogP contribution in [0.1, 0.15) is 11.1 Å². The first-order chi connectivity index (χ1) is 11.6. The standard InChI is InChI=1S/C20H24FNO2/c1-22(2)19-9-5-16(6-10-19)3-4-17-7-11-20(12-8-17)24-15-18(13-21)14-23/h3-12,18,23H,13-15H2,1-2H3/b4-3+. The van der Waals surface area contributed by atoms with E-state index in [0.29, 0.717) is 5.75 Å². The van der Waals surface area contributed by atoms with E-state index in [1.54, 1.807) is 0 Å². The summed E-state index contributed by atoms with van der Waals surface area (Å²) in [5.41, 5.74) is 3.36. The number of hydrogen-bond donors (Lipinski definition) is 1. The second kappa shape index (κ2) is 9.08. The van der Waals surface area contributed by atoms with Crippen molar-refractivity contribution in [2.24, 2.45) is 5.92 Å². The van der Waals surface area contributed by atoms with E-state index < -0.39 is 12.6 Å². The molecule has 0 saturated carbocycles. The van der Waals surface area contributed by atoms with Crippen molar-refractivity contribution >= 4 is 17.8 Å². The molecule has 0 fully saturated rings. The summed E-state index contributed by atoms with van der Waals surface area (Å²) in [6, 6.07) is 15.9. The van der Waals surface area contributed by atoms with Crippen LogP contribution in [0.2, 0.25) is 0 Å². The average Bonchev–Trinajstić information content (AvgIpc) is 2.62. The summed E-state index contributed by atoms with van der Waals surface area (Å²) in [5.74, 6) is 0.212. The van der Waals surface area contributed by atoms with Crippen LogP contribution in [-0.2, 0) is 0 Å². The highest BCUT2D eigenvalue weighted by Gasteiger charge is 2.07. The first-order valence-corrected chi connectivity index (χ1v) is 7.97. The number of ether oxygens (including phenoxy) is 1. The second-order valence-corrected chi connectivity index (χ2v) is 5.90. The zero-order chi connectivity index (χ0) is 17.4. The highest BCUT2D eigenvalue weighted by molar-refractivity contribution is 5.70. The van der Waals surface area contributed by atoms with E-state index in [0.717, 1.165) is 11.1 Å². The van der Waals surface area contributed by atoms with Gasteiger partial charge in [-0.3, -0.25) is 4.39 Å². The van der Waals surface area contributed by atoms with Crippen molar-refractivity contribution in [3.8, 4) is 5.75 Å². The molecule has 4 heteroatoms. The van der Waals surface area contributed by atoms with Crippen LogP contribution in [-0.4, -0.2) is 39.1 Å². The molecule has 0 aliphatic heterocycles. The molecule has 2 rings (SSSR count). The lowest BCUT2D eigenvalue weighted by Gasteiger charge is -2.12. The number of aliphatic hydroxyl groups excluding tert-OH is 1. The molecule has 0 aliphatic rings. The molecule has 3 nitrogen and oxygen atoms in total. The summed E-state index contributed by atoms with van der Waals surface area (Å²) in [7, 11) is 4.04. The zero-order valence-electron chi connectivity index (χ0n) is 14.2. The third kappa shape index (κ3) is 5.39. The minimum atomic E-state index is -0.579. The van der Waals surface area contributed by atoms with Gasteiger partial charge in [-0.15, -0.1) is 0 Å². The fourth-order valence-electron chi connectivity index (χ4n) is 2.11. The van der Waals surface area contributed by atoms with Crippen molar-refractivity contribution in [2.75, 3.05) is 38.9 Å². The van der Waals surface area contributed by atoms with Gasteiger partial charge in [0, 0.05) is 25.7 Å². The fraction of sp³-hybridized carbons (Fsp3) is 0.300. The Hall–Kier alpha value is -2.33. The van der Waals surface area contributed by atoms with Crippen LogP contribution in [0, 0.1) is 5.92 Å². The van der Waals surface area contributed by atoms with Crippen molar-refractivity contribution < 1.29 is 14.2 Å². The van der Waals surface area contributed by atoms with Gasteiger partial charge in [-0.05, 0) is 35.4 Å². The van der Waals surface area contributed by atoms with Gasteiger partial charge in [0.25, 0.3) is 0 Å². The molecule has 1 atom stereocenters. The average molecular weight is 329 g/mol. The van der Waals surface area contributed by atoms with Gasteiger partial charge >= 0.3 is 0 Å². The number of anilines is 1. The Kier molecular flexibility index (Phi) is 6.82. The van der Waals surface area contributed by atoms with E-state index in [-0.39, 0.29) is 13.2 Å². The van der Waals surface area contributed by atoms with Crippen molar-refractivity contribution in [3.63, 3.8) is 0 Å². The second-order valence-electron chi connectivity index (χ2n) is 5.90. The number of benzene rings is 2. The Labute approximate surface area is 143 Å². The third-order valence-corrected chi connectivity index (χ3v) is 3.72. The normalized spacial score (nSPS) is 12.3. The summed E-state index contributed by atoms with van der Waals surface area (Å²) in [4.78, 5) is 2.07. The molecule has 0 amide bonds. The van der Waals surface area contributed by atoms with Crippen LogP contribution >= 0.6 is 0 Å². The summed E-state index contributed by atoms with van der Waals surface area (Å²) in [6.07, 6.45) is 4.09. The van der Waals surface area contributed by atoms with E-state index in [1.807, 2.05) is 44.4 Å². The smallest absolute Gasteiger partial charge is 0.119 e.